The standard InChI is InChI=1S/C27H24ClF3N4O4S/c1-26(2,3)39-24(37)34-12-18(13-34)35-23(36)22(40-25(35)38)19(14-5-7-21-16(8-14)11-32-33-21)9-15-4-6-17(28)10-20(15)27(29,30)31/h4-8,10-11,18,36H,9,12-13H2,1-3H3. The molecule has 1 saturated heterocycles. The number of carbonyl (C=O) groups is 1. The third-order valence-corrected chi connectivity index (χ3v) is 7.69. The number of alkyl halides is 3. The number of hydrogen-bond donors (Lipinski definition) is 1. The Kier molecular flexibility index (Phi) is 7.03. The molecule has 1 amide bonds. The zero-order valence-electron chi connectivity index (χ0n) is 21.6. The number of likely N-dealkylation sites (tertiary alicyclic amines) is 1. The van der Waals surface area contributed by atoms with Gasteiger partial charge in [0.25, 0.3) is 0 Å². The van der Waals surface area contributed by atoms with Gasteiger partial charge in [-0.05, 0) is 61.4 Å². The van der Waals surface area contributed by atoms with Crippen LogP contribution in [-0.2, 0) is 17.3 Å². The topological polar surface area (TPSA) is 96.5 Å². The van der Waals surface area contributed by atoms with Crippen molar-refractivity contribution in [3.05, 3.63) is 83.2 Å². The molecule has 5 rings (SSSR count). The molecule has 2 aliphatic heterocycles. The maximum absolute atomic E-state index is 13.9. The molecule has 0 bridgehead atoms. The summed E-state index contributed by atoms with van der Waals surface area (Å²) in [4.78, 5) is 26.5. The molecule has 0 unspecified atom stereocenters. The lowest BCUT2D eigenvalue weighted by molar-refractivity contribution is -0.138. The van der Waals surface area contributed by atoms with E-state index in [0.29, 0.717) is 21.7 Å². The Morgan fingerprint density at radius 1 is 1.18 bits per heavy atom. The highest BCUT2D eigenvalue weighted by atomic mass is 35.5. The number of rotatable bonds is 4. The molecule has 8 nitrogen and oxygen atoms in total. The molecule has 210 valence electrons. The molecule has 40 heavy (non-hydrogen) atoms. The minimum absolute atomic E-state index is 0.0637. The van der Waals surface area contributed by atoms with Crippen molar-refractivity contribution < 1.29 is 27.8 Å². The largest absolute Gasteiger partial charge is 0.493 e. The first-order valence-electron chi connectivity index (χ1n) is 12.2. The van der Waals surface area contributed by atoms with E-state index in [1.807, 2.05) is 0 Å². The van der Waals surface area contributed by atoms with Crippen LogP contribution >= 0.6 is 22.9 Å². The molecule has 2 aromatic carbocycles. The molecule has 13 heteroatoms. The quantitative estimate of drug-likeness (QED) is 0.483. The molecule has 0 spiro atoms. The second-order valence-corrected chi connectivity index (χ2v) is 11.9. The van der Waals surface area contributed by atoms with E-state index in [9.17, 15) is 27.9 Å². The summed E-state index contributed by atoms with van der Waals surface area (Å²) in [6.45, 7) is 5.50. The molecule has 0 radical (unpaired) electrons. The SMILES string of the molecule is CC(C)(C)OC(=O)N1CC(n2c(O)c(C(Cc3ccc(Cl)cc3C(F)(F)F)=c3ccc4c(c3)C=NN=4)sc2=O)C1. The zero-order chi connectivity index (χ0) is 29.0. The van der Waals surface area contributed by atoms with E-state index in [4.69, 9.17) is 16.3 Å². The van der Waals surface area contributed by atoms with Crippen molar-refractivity contribution in [2.75, 3.05) is 13.1 Å². The Balaban J connectivity index is 1.57. The van der Waals surface area contributed by atoms with Crippen LogP contribution in [0.2, 0.25) is 5.02 Å². The zero-order valence-corrected chi connectivity index (χ0v) is 23.2. The second kappa shape index (κ2) is 10.1. The fraction of sp³-hybridized carbons (Fsp3) is 0.333. The first kappa shape index (κ1) is 27.9. The highest BCUT2D eigenvalue weighted by Crippen LogP contribution is 2.38. The van der Waals surface area contributed by atoms with Gasteiger partial charge in [0.1, 0.15) is 5.60 Å². The van der Waals surface area contributed by atoms with Crippen LogP contribution in [0.4, 0.5) is 18.0 Å². The Labute approximate surface area is 235 Å². The highest BCUT2D eigenvalue weighted by molar-refractivity contribution is 7.10. The van der Waals surface area contributed by atoms with E-state index in [2.05, 4.69) is 10.2 Å². The van der Waals surface area contributed by atoms with Gasteiger partial charge in [0.15, 0.2) is 0 Å². The molecule has 0 aliphatic carbocycles. The number of halogens is 4. The Hall–Kier alpha value is -3.64. The van der Waals surface area contributed by atoms with Crippen LogP contribution in [0.5, 0.6) is 5.88 Å². The average molecular weight is 593 g/mol. The predicted octanol–water partition coefficient (Wildman–Crippen LogP) is 4.49. The summed E-state index contributed by atoms with van der Waals surface area (Å²) in [5, 5.41) is 20.1. The van der Waals surface area contributed by atoms with Crippen LogP contribution in [0.1, 0.15) is 48.4 Å². The van der Waals surface area contributed by atoms with E-state index in [1.165, 1.54) is 27.8 Å². The molecule has 0 atom stereocenters. The van der Waals surface area contributed by atoms with E-state index in [1.54, 1.807) is 39.0 Å². The van der Waals surface area contributed by atoms with Crippen molar-refractivity contribution in [1.29, 1.82) is 0 Å². The monoisotopic (exact) mass is 592 g/mol. The molecule has 0 saturated carbocycles. The molecule has 1 aromatic heterocycles. The Morgan fingerprint density at radius 2 is 1.90 bits per heavy atom. The maximum Gasteiger partial charge on any atom is 0.416 e. The summed E-state index contributed by atoms with van der Waals surface area (Å²) in [7, 11) is 0. The van der Waals surface area contributed by atoms with Gasteiger partial charge in [-0.15, -0.1) is 0 Å². The minimum Gasteiger partial charge on any atom is -0.493 e. The maximum atomic E-state index is 13.9. The number of ether oxygens (including phenoxy) is 1. The fourth-order valence-corrected chi connectivity index (χ4v) is 5.73. The number of nitrogens with zero attached hydrogens (tertiary/aromatic N) is 4. The van der Waals surface area contributed by atoms with Crippen molar-refractivity contribution in [1.82, 2.24) is 9.47 Å². The van der Waals surface area contributed by atoms with E-state index in [-0.39, 0.29) is 40.9 Å². The van der Waals surface area contributed by atoms with Gasteiger partial charge in [-0.25, -0.2) is 4.79 Å². The lowest BCUT2D eigenvalue weighted by Crippen LogP contribution is -2.53. The molecule has 2 aliphatic rings. The van der Waals surface area contributed by atoms with Gasteiger partial charge in [-0.2, -0.15) is 23.4 Å². The number of carbonyl (C=O) groups excluding carboxylic acids is 1. The molecular weight excluding hydrogens is 569 g/mol. The number of aromatic nitrogens is 1. The van der Waals surface area contributed by atoms with Gasteiger partial charge >= 0.3 is 17.1 Å². The fourth-order valence-electron chi connectivity index (χ4n) is 4.55. The first-order chi connectivity index (χ1) is 18.7. The molecule has 3 aromatic rings. The highest BCUT2D eigenvalue weighted by Gasteiger charge is 2.38. The number of amides is 1. The smallest absolute Gasteiger partial charge is 0.416 e. The molecule has 1 N–H and O–H groups in total. The van der Waals surface area contributed by atoms with Gasteiger partial charge in [-0.1, -0.05) is 35.1 Å². The summed E-state index contributed by atoms with van der Waals surface area (Å²) in [5.74, 6) is -0.375. The number of aromatic hydroxyl groups is 1. The summed E-state index contributed by atoms with van der Waals surface area (Å²) >= 11 is 6.61. The van der Waals surface area contributed by atoms with Crippen LogP contribution in [0.25, 0.3) is 5.57 Å². The van der Waals surface area contributed by atoms with Gasteiger partial charge in [0.2, 0.25) is 5.88 Å². The van der Waals surface area contributed by atoms with E-state index in [0.717, 1.165) is 17.4 Å². The van der Waals surface area contributed by atoms with Gasteiger partial charge in [0.05, 0.1) is 28.1 Å². The number of thiazole rings is 1. The van der Waals surface area contributed by atoms with Crippen LogP contribution in [0.3, 0.4) is 0 Å². The van der Waals surface area contributed by atoms with E-state index >= 15 is 0 Å². The van der Waals surface area contributed by atoms with E-state index < -0.39 is 34.3 Å². The first-order valence-corrected chi connectivity index (χ1v) is 13.4. The lowest BCUT2D eigenvalue weighted by atomic mass is 9.96. The summed E-state index contributed by atoms with van der Waals surface area (Å²) in [6.07, 6.45) is -3.94. The normalized spacial score (nSPS) is 15.9. The van der Waals surface area contributed by atoms with Crippen LogP contribution in [0.15, 0.2) is 51.4 Å². The van der Waals surface area contributed by atoms with Gasteiger partial charge < -0.3 is 14.7 Å². The van der Waals surface area contributed by atoms with Crippen molar-refractivity contribution >= 4 is 40.8 Å². The number of fused-ring (bicyclic) bond motifs is 1. The number of benzene rings is 2. The summed E-state index contributed by atoms with van der Waals surface area (Å²) in [6, 6.07) is 8.04. The lowest BCUT2D eigenvalue weighted by Gasteiger charge is -2.40. The van der Waals surface area contributed by atoms with Gasteiger partial charge in [0, 0.05) is 30.1 Å². The van der Waals surface area contributed by atoms with Crippen molar-refractivity contribution in [2.45, 2.75) is 45.0 Å². The van der Waals surface area contributed by atoms with Crippen molar-refractivity contribution in [2.24, 2.45) is 10.2 Å². The molecule has 3 heterocycles. The third-order valence-electron chi connectivity index (χ3n) is 6.45. The Morgan fingerprint density at radius 3 is 2.58 bits per heavy atom. The number of hydrogen-bond acceptors (Lipinski definition) is 7. The molecular formula is C27H24ClF3N4O4S. The van der Waals surface area contributed by atoms with Crippen LogP contribution in [0, 0.1) is 0 Å². The third kappa shape index (κ3) is 5.50. The van der Waals surface area contributed by atoms with Crippen molar-refractivity contribution in [3.8, 4) is 5.88 Å². The van der Waals surface area contributed by atoms with Crippen LogP contribution < -0.4 is 15.4 Å². The predicted molar refractivity (Wildman–Crippen MR) is 145 cm³/mol. The summed E-state index contributed by atoms with van der Waals surface area (Å²) in [5.41, 5.74) is -0.700. The van der Waals surface area contributed by atoms with Crippen LogP contribution in [-0.4, -0.2) is 45.6 Å². The summed E-state index contributed by atoms with van der Waals surface area (Å²) < 4.78 is 48.3. The van der Waals surface area contributed by atoms with Crippen molar-refractivity contribution in [3.63, 3.8) is 0 Å². The van der Waals surface area contributed by atoms with Gasteiger partial charge in [-0.3, -0.25) is 9.36 Å². The molecule has 1 fully saturated rings. The minimum atomic E-state index is -4.67. The Bertz CT molecular complexity index is 1720. The second-order valence-electron chi connectivity index (χ2n) is 10.5. The average Bonchev–Trinajstić information content (AvgIpc) is 3.40.